The van der Waals surface area contributed by atoms with Gasteiger partial charge in [0.2, 0.25) is 5.91 Å². The quantitative estimate of drug-likeness (QED) is 0.768. The normalized spacial score (nSPS) is 17.3. The molecule has 3 N–H and O–H groups in total. The van der Waals surface area contributed by atoms with E-state index in [0.717, 1.165) is 18.4 Å². The van der Waals surface area contributed by atoms with Crippen LogP contribution in [0.3, 0.4) is 0 Å². The smallest absolute Gasteiger partial charge is 0.241 e. The van der Waals surface area contributed by atoms with Crippen LogP contribution in [0.4, 0.5) is 0 Å². The Morgan fingerprint density at radius 2 is 2.00 bits per heavy atom. The van der Waals surface area contributed by atoms with Gasteiger partial charge >= 0.3 is 0 Å². The number of benzene rings is 1. The molecule has 0 radical (unpaired) electrons. The van der Waals surface area contributed by atoms with Crippen LogP contribution >= 0.6 is 0 Å². The molecule has 0 bridgehead atoms. The summed E-state index contributed by atoms with van der Waals surface area (Å²) in [6, 6.07) is 8.78. The molecule has 1 aliphatic carbocycles. The maximum Gasteiger partial charge on any atom is 0.241 e. The van der Waals surface area contributed by atoms with E-state index in [4.69, 9.17) is 10.5 Å². The number of carbonyl (C=O) groups is 1. The fourth-order valence-corrected chi connectivity index (χ4v) is 2.38. The highest BCUT2D eigenvalue weighted by atomic mass is 16.5. The Labute approximate surface area is 114 Å². The predicted octanol–water partition coefficient (Wildman–Crippen LogP) is 1.76. The minimum absolute atomic E-state index is 0.152. The summed E-state index contributed by atoms with van der Waals surface area (Å²) in [6.45, 7) is 1.09. The van der Waals surface area contributed by atoms with Gasteiger partial charge in [-0.1, -0.05) is 43.2 Å². The molecule has 0 saturated heterocycles. The van der Waals surface area contributed by atoms with Crippen molar-refractivity contribution in [2.75, 3.05) is 13.2 Å². The topological polar surface area (TPSA) is 64.4 Å². The Hall–Kier alpha value is -1.39. The molecule has 0 aliphatic heterocycles. The Bertz CT molecular complexity index is 388. The second-order valence-electron chi connectivity index (χ2n) is 4.96. The lowest BCUT2D eigenvalue weighted by Gasteiger charge is -2.14. The van der Waals surface area contributed by atoms with Gasteiger partial charge in [0.05, 0.1) is 12.7 Å². The maximum absolute atomic E-state index is 11.8. The van der Waals surface area contributed by atoms with Crippen molar-refractivity contribution in [3.05, 3.63) is 35.9 Å². The van der Waals surface area contributed by atoms with Gasteiger partial charge in [-0.15, -0.1) is 0 Å². The first-order chi connectivity index (χ1) is 9.27. The van der Waals surface area contributed by atoms with Crippen LogP contribution in [0.1, 0.15) is 37.3 Å². The van der Waals surface area contributed by atoms with Crippen LogP contribution in [0.15, 0.2) is 30.3 Å². The lowest BCUT2D eigenvalue weighted by atomic mass is 10.1. The van der Waals surface area contributed by atoms with Crippen molar-refractivity contribution in [1.82, 2.24) is 5.32 Å². The summed E-state index contributed by atoms with van der Waals surface area (Å²) in [6.07, 6.45) is 5.21. The highest BCUT2D eigenvalue weighted by Crippen LogP contribution is 2.20. The molecule has 0 heterocycles. The van der Waals surface area contributed by atoms with Gasteiger partial charge in [-0.25, -0.2) is 0 Å². The molecule has 1 aromatic carbocycles. The molecule has 1 aliphatic rings. The van der Waals surface area contributed by atoms with Gasteiger partial charge in [-0.05, 0) is 18.4 Å². The molecule has 0 aromatic heterocycles. The SMILES string of the molecule is N[C@H](C(=O)NCCOC1CCCC1)c1ccccc1. The zero-order valence-corrected chi connectivity index (χ0v) is 11.2. The average molecular weight is 262 g/mol. The summed E-state index contributed by atoms with van der Waals surface area (Å²) in [4.78, 5) is 11.8. The largest absolute Gasteiger partial charge is 0.376 e. The van der Waals surface area contributed by atoms with Gasteiger partial charge in [0.15, 0.2) is 0 Å². The molecule has 1 atom stereocenters. The zero-order chi connectivity index (χ0) is 13.5. The monoisotopic (exact) mass is 262 g/mol. The molecule has 0 unspecified atom stereocenters. The highest BCUT2D eigenvalue weighted by molar-refractivity contribution is 5.82. The fourth-order valence-electron chi connectivity index (χ4n) is 2.38. The molecular weight excluding hydrogens is 240 g/mol. The van der Waals surface area contributed by atoms with Crippen LogP contribution in [0.2, 0.25) is 0 Å². The number of rotatable bonds is 6. The molecular formula is C15H22N2O2. The molecule has 0 spiro atoms. The van der Waals surface area contributed by atoms with Crippen molar-refractivity contribution in [3.8, 4) is 0 Å². The fraction of sp³-hybridized carbons (Fsp3) is 0.533. The molecule has 1 amide bonds. The van der Waals surface area contributed by atoms with E-state index in [9.17, 15) is 4.79 Å². The van der Waals surface area contributed by atoms with Crippen molar-refractivity contribution >= 4 is 5.91 Å². The number of nitrogens with one attached hydrogen (secondary N) is 1. The Balaban J connectivity index is 1.66. The Kier molecular flexibility index (Phi) is 5.36. The van der Waals surface area contributed by atoms with E-state index in [1.165, 1.54) is 12.8 Å². The van der Waals surface area contributed by atoms with E-state index in [0.29, 0.717) is 19.3 Å². The zero-order valence-electron chi connectivity index (χ0n) is 11.2. The third-order valence-corrected chi connectivity index (χ3v) is 3.50. The Morgan fingerprint density at radius 3 is 2.68 bits per heavy atom. The van der Waals surface area contributed by atoms with E-state index in [1.54, 1.807) is 0 Å². The van der Waals surface area contributed by atoms with Crippen molar-refractivity contribution in [2.24, 2.45) is 5.73 Å². The summed E-state index contributed by atoms with van der Waals surface area (Å²) in [5.74, 6) is -0.152. The number of carbonyl (C=O) groups excluding carboxylic acids is 1. The van der Waals surface area contributed by atoms with Gasteiger partial charge in [0, 0.05) is 6.54 Å². The predicted molar refractivity (Wildman–Crippen MR) is 74.6 cm³/mol. The number of nitrogens with two attached hydrogens (primary N) is 1. The molecule has 104 valence electrons. The second-order valence-corrected chi connectivity index (χ2v) is 4.96. The van der Waals surface area contributed by atoms with Crippen molar-refractivity contribution in [3.63, 3.8) is 0 Å². The van der Waals surface area contributed by atoms with Gasteiger partial charge in [-0.2, -0.15) is 0 Å². The average Bonchev–Trinajstić information content (AvgIpc) is 2.96. The Morgan fingerprint density at radius 1 is 1.32 bits per heavy atom. The highest BCUT2D eigenvalue weighted by Gasteiger charge is 2.16. The molecule has 1 fully saturated rings. The first-order valence-electron chi connectivity index (χ1n) is 6.97. The van der Waals surface area contributed by atoms with Crippen LogP contribution in [0.5, 0.6) is 0 Å². The summed E-state index contributed by atoms with van der Waals surface area (Å²) >= 11 is 0. The van der Waals surface area contributed by atoms with Crippen molar-refractivity contribution < 1.29 is 9.53 Å². The van der Waals surface area contributed by atoms with Gasteiger partial charge in [-0.3, -0.25) is 4.79 Å². The van der Waals surface area contributed by atoms with Crippen LogP contribution in [-0.2, 0) is 9.53 Å². The first-order valence-corrected chi connectivity index (χ1v) is 6.97. The van der Waals surface area contributed by atoms with E-state index in [2.05, 4.69) is 5.32 Å². The van der Waals surface area contributed by atoms with Crippen LogP contribution < -0.4 is 11.1 Å². The first kappa shape index (κ1) is 14.0. The van der Waals surface area contributed by atoms with Crippen molar-refractivity contribution in [2.45, 2.75) is 37.8 Å². The summed E-state index contributed by atoms with van der Waals surface area (Å²) in [7, 11) is 0. The van der Waals surface area contributed by atoms with Gasteiger partial charge < -0.3 is 15.8 Å². The van der Waals surface area contributed by atoms with Gasteiger partial charge in [0.25, 0.3) is 0 Å². The number of hydrogen-bond acceptors (Lipinski definition) is 3. The summed E-state index contributed by atoms with van der Waals surface area (Å²) in [5, 5.41) is 2.82. The number of ether oxygens (including phenoxy) is 1. The third kappa shape index (κ3) is 4.33. The molecule has 2 rings (SSSR count). The molecule has 4 heteroatoms. The summed E-state index contributed by atoms with van der Waals surface area (Å²) in [5.41, 5.74) is 6.72. The number of hydrogen-bond donors (Lipinski definition) is 2. The van der Waals surface area contributed by atoms with E-state index in [1.807, 2.05) is 30.3 Å². The maximum atomic E-state index is 11.8. The van der Waals surface area contributed by atoms with Crippen molar-refractivity contribution in [1.29, 1.82) is 0 Å². The van der Waals surface area contributed by atoms with Gasteiger partial charge in [0.1, 0.15) is 6.04 Å². The summed E-state index contributed by atoms with van der Waals surface area (Å²) < 4.78 is 5.68. The second kappa shape index (κ2) is 7.26. The number of amides is 1. The lowest BCUT2D eigenvalue weighted by molar-refractivity contribution is -0.122. The van der Waals surface area contributed by atoms with Crippen LogP contribution in [-0.4, -0.2) is 25.2 Å². The molecule has 19 heavy (non-hydrogen) atoms. The molecule has 1 aromatic rings. The van der Waals surface area contributed by atoms with E-state index in [-0.39, 0.29) is 5.91 Å². The molecule has 4 nitrogen and oxygen atoms in total. The van der Waals surface area contributed by atoms with Crippen LogP contribution in [0.25, 0.3) is 0 Å². The minimum Gasteiger partial charge on any atom is -0.376 e. The van der Waals surface area contributed by atoms with E-state index < -0.39 is 6.04 Å². The molecule has 1 saturated carbocycles. The van der Waals surface area contributed by atoms with Crippen LogP contribution in [0, 0.1) is 0 Å². The standard InChI is InChI=1S/C15H22N2O2/c16-14(12-6-2-1-3-7-12)15(18)17-10-11-19-13-8-4-5-9-13/h1-3,6-7,13-14H,4-5,8-11,16H2,(H,17,18)/t14-/m0/s1. The lowest BCUT2D eigenvalue weighted by Crippen LogP contribution is -2.36. The third-order valence-electron chi connectivity index (χ3n) is 3.50. The minimum atomic E-state index is -0.604. The van der Waals surface area contributed by atoms with E-state index >= 15 is 0 Å².